The number of carbonyl (C=O) groups is 2. The van der Waals surface area contributed by atoms with Crippen molar-refractivity contribution in [1.29, 1.82) is 0 Å². The first kappa shape index (κ1) is 22.5. The number of amides is 1. The molecule has 1 rings (SSSR count). The lowest BCUT2D eigenvalue weighted by Crippen LogP contribution is -2.29. The van der Waals surface area contributed by atoms with Crippen LogP contribution in [0.15, 0.2) is 18.7 Å². The standard InChI is InChI=1S/C19H24F3NO4/c1-8-11-9-14(23-16(25)27-18(5,6)7)12(10-13(11)19(20,21)22)15(24)26-17(2,3)4/h8-10H,1H2,2-7H3,(H,23,25). The average molecular weight is 387 g/mol. The smallest absolute Gasteiger partial charge is 0.417 e. The van der Waals surface area contributed by atoms with Gasteiger partial charge in [-0.3, -0.25) is 5.32 Å². The summed E-state index contributed by atoms with van der Waals surface area (Å²) in [4.78, 5) is 24.5. The van der Waals surface area contributed by atoms with E-state index >= 15 is 0 Å². The van der Waals surface area contributed by atoms with E-state index in [9.17, 15) is 22.8 Å². The molecule has 0 saturated heterocycles. The van der Waals surface area contributed by atoms with Gasteiger partial charge in [0.1, 0.15) is 11.2 Å². The molecule has 0 aliphatic rings. The Hall–Kier alpha value is -2.51. The van der Waals surface area contributed by atoms with Gasteiger partial charge in [0.25, 0.3) is 0 Å². The van der Waals surface area contributed by atoms with Crippen molar-refractivity contribution in [1.82, 2.24) is 0 Å². The fourth-order valence-electron chi connectivity index (χ4n) is 2.05. The molecular weight excluding hydrogens is 363 g/mol. The number of ether oxygens (including phenoxy) is 2. The topological polar surface area (TPSA) is 64.6 Å². The van der Waals surface area contributed by atoms with Crippen molar-refractivity contribution in [3.63, 3.8) is 0 Å². The third kappa shape index (κ3) is 6.96. The van der Waals surface area contributed by atoms with E-state index in [1.54, 1.807) is 41.5 Å². The number of benzene rings is 1. The maximum Gasteiger partial charge on any atom is 0.417 e. The molecule has 150 valence electrons. The molecule has 0 spiro atoms. The normalized spacial score (nSPS) is 12.3. The van der Waals surface area contributed by atoms with Crippen LogP contribution in [0.4, 0.5) is 23.7 Å². The highest BCUT2D eigenvalue weighted by atomic mass is 19.4. The molecule has 0 radical (unpaired) electrons. The van der Waals surface area contributed by atoms with E-state index in [2.05, 4.69) is 11.9 Å². The maximum absolute atomic E-state index is 13.3. The summed E-state index contributed by atoms with van der Waals surface area (Å²) in [5.74, 6) is -1.00. The molecule has 27 heavy (non-hydrogen) atoms. The zero-order valence-electron chi connectivity index (χ0n) is 16.2. The number of anilines is 1. The number of rotatable bonds is 3. The lowest BCUT2D eigenvalue weighted by atomic mass is 10.0. The summed E-state index contributed by atoms with van der Waals surface area (Å²) in [6.45, 7) is 13.0. The first-order chi connectivity index (χ1) is 12.0. The molecule has 0 heterocycles. The molecule has 0 atom stereocenters. The van der Waals surface area contributed by atoms with E-state index in [0.29, 0.717) is 6.07 Å². The molecule has 1 amide bonds. The van der Waals surface area contributed by atoms with E-state index in [1.807, 2.05) is 0 Å². The maximum atomic E-state index is 13.3. The van der Waals surface area contributed by atoms with E-state index in [4.69, 9.17) is 9.47 Å². The van der Waals surface area contributed by atoms with Crippen LogP contribution >= 0.6 is 0 Å². The highest BCUT2D eigenvalue weighted by Gasteiger charge is 2.35. The molecular formula is C19H24F3NO4. The molecule has 0 aliphatic heterocycles. The zero-order chi connectivity index (χ0) is 21.2. The van der Waals surface area contributed by atoms with Crippen molar-refractivity contribution >= 4 is 23.8 Å². The second-order valence-corrected chi connectivity index (χ2v) is 7.82. The molecule has 0 aliphatic carbocycles. The fraction of sp³-hybridized carbons (Fsp3) is 0.474. The highest BCUT2D eigenvalue weighted by Crippen LogP contribution is 2.36. The first-order valence-electron chi connectivity index (χ1n) is 8.14. The van der Waals surface area contributed by atoms with Gasteiger partial charge in [-0.1, -0.05) is 12.7 Å². The van der Waals surface area contributed by atoms with Crippen LogP contribution in [-0.4, -0.2) is 23.3 Å². The Labute approximate surface area is 156 Å². The van der Waals surface area contributed by atoms with Crippen molar-refractivity contribution in [2.45, 2.75) is 58.9 Å². The van der Waals surface area contributed by atoms with Gasteiger partial charge >= 0.3 is 18.2 Å². The summed E-state index contributed by atoms with van der Waals surface area (Å²) in [5.41, 5.74) is -3.72. The Bertz CT molecular complexity index is 741. The fourth-order valence-corrected chi connectivity index (χ4v) is 2.05. The van der Waals surface area contributed by atoms with Gasteiger partial charge in [-0.25, -0.2) is 9.59 Å². The van der Waals surface area contributed by atoms with Crippen LogP contribution in [0.5, 0.6) is 0 Å². The number of alkyl halides is 3. The van der Waals surface area contributed by atoms with Crippen LogP contribution in [0.1, 0.15) is 63.0 Å². The Balaban J connectivity index is 3.47. The van der Waals surface area contributed by atoms with Crippen molar-refractivity contribution in [3.8, 4) is 0 Å². The molecule has 8 heteroatoms. The monoisotopic (exact) mass is 387 g/mol. The number of halogens is 3. The van der Waals surface area contributed by atoms with E-state index < -0.39 is 40.6 Å². The van der Waals surface area contributed by atoms with E-state index in [0.717, 1.165) is 12.1 Å². The third-order valence-corrected chi connectivity index (χ3v) is 2.97. The summed E-state index contributed by atoms with van der Waals surface area (Å²) < 4.78 is 50.2. The van der Waals surface area contributed by atoms with Gasteiger partial charge in [0, 0.05) is 0 Å². The molecule has 0 aromatic heterocycles. The van der Waals surface area contributed by atoms with Crippen LogP contribution in [0.2, 0.25) is 0 Å². The largest absolute Gasteiger partial charge is 0.456 e. The molecule has 0 fully saturated rings. The van der Waals surface area contributed by atoms with Gasteiger partial charge in [-0.15, -0.1) is 0 Å². The van der Waals surface area contributed by atoms with Crippen LogP contribution in [0, 0.1) is 0 Å². The van der Waals surface area contributed by atoms with Gasteiger partial charge in [-0.2, -0.15) is 13.2 Å². The molecule has 1 aromatic rings. The van der Waals surface area contributed by atoms with Crippen LogP contribution in [0.3, 0.4) is 0 Å². The predicted molar refractivity (Wildman–Crippen MR) is 96.6 cm³/mol. The quantitative estimate of drug-likeness (QED) is 0.681. The number of hydrogen-bond acceptors (Lipinski definition) is 4. The first-order valence-corrected chi connectivity index (χ1v) is 8.14. The number of carbonyl (C=O) groups excluding carboxylic acids is 2. The third-order valence-electron chi connectivity index (χ3n) is 2.97. The number of esters is 1. The summed E-state index contributed by atoms with van der Waals surface area (Å²) in [5, 5.41) is 2.31. The Morgan fingerprint density at radius 1 is 1.00 bits per heavy atom. The van der Waals surface area contributed by atoms with Gasteiger partial charge in [0.2, 0.25) is 0 Å². The minimum atomic E-state index is -4.72. The Morgan fingerprint density at radius 2 is 1.52 bits per heavy atom. The predicted octanol–water partition coefficient (Wildman–Crippen LogP) is 5.65. The Morgan fingerprint density at radius 3 is 1.93 bits per heavy atom. The summed E-state index contributed by atoms with van der Waals surface area (Å²) >= 11 is 0. The average Bonchev–Trinajstić information content (AvgIpc) is 2.41. The number of hydrogen-bond donors (Lipinski definition) is 1. The van der Waals surface area contributed by atoms with Crippen molar-refractivity contribution in [2.75, 3.05) is 5.32 Å². The highest BCUT2D eigenvalue weighted by molar-refractivity contribution is 6.00. The SMILES string of the molecule is C=Cc1cc(NC(=O)OC(C)(C)C)c(C(=O)OC(C)(C)C)cc1C(F)(F)F. The van der Waals surface area contributed by atoms with Crippen molar-refractivity contribution < 1.29 is 32.2 Å². The second-order valence-electron chi connectivity index (χ2n) is 7.82. The van der Waals surface area contributed by atoms with Crippen LogP contribution in [0.25, 0.3) is 6.08 Å². The lowest BCUT2D eigenvalue weighted by molar-refractivity contribution is -0.137. The second kappa shape index (κ2) is 7.62. The van der Waals surface area contributed by atoms with Crippen molar-refractivity contribution in [3.05, 3.63) is 35.4 Å². The summed E-state index contributed by atoms with van der Waals surface area (Å²) in [6, 6.07) is 1.65. The van der Waals surface area contributed by atoms with E-state index in [1.165, 1.54) is 0 Å². The van der Waals surface area contributed by atoms with Crippen molar-refractivity contribution in [2.24, 2.45) is 0 Å². The summed E-state index contributed by atoms with van der Waals surface area (Å²) in [7, 11) is 0. The zero-order valence-corrected chi connectivity index (χ0v) is 16.2. The van der Waals surface area contributed by atoms with Gasteiger partial charge in [0.15, 0.2) is 0 Å². The molecule has 1 aromatic carbocycles. The molecule has 5 nitrogen and oxygen atoms in total. The van der Waals surface area contributed by atoms with Crippen LogP contribution in [-0.2, 0) is 15.7 Å². The minimum Gasteiger partial charge on any atom is -0.456 e. The minimum absolute atomic E-state index is 0.165. The van der Waals surface area contributed by atoms with Gasteiger partial charge < -0.3 is 9.47 Å². The number of nitrogens with one attached hydrogen (secondary N) is 1. The van der Waals surface area contributed by atoms with Gasteiger partial charge in [0.05, 0.1) is 16.8 Å². The summed E-state index contributed by atoms with van der Waals surface area (Å²) in [6.07, 6.45) is -4.64. The van der Waals surface area contributed by atoms with Crippen LogP contribution < -0.4 is 5.32 Å². The Kier molecular flexibility index (Phi) is 6.36. The molecule has 0 saturated carbocycles. The van der Waals surface area contributed by atoms with Gasteiger partial charge in [-0.05, 0) is 59.2 Å². The molecule has 0 bridgehead atoms. The molecule has 1 N–H and O–H groups in total. The lowest BCUT2D eigenvalue weighted by Gasteiger charge is -2.23. The molecule has 0 unspecified atom stereocenters. The van der Waals surface area contributed by atoms with E-state index in [-0.39, 0.29) is 11.3 Å².